The Morgan fingerprint density at radius 3 is 2.17 bits per heavy atom. The summed E-state index contributed by atoms with van der Waals surface area (Å²) >= 11 is 0. The van der Waals surface area contributed by atoms with Crippen molar-refractivity contribution < 1.29 is 19.4 Å². The van der Waals surface area contributed by atoms with E-state index in [1.54, 1.807) is 0 Å². The van der Waals surface area contributed by atoms with Crippen molar-refractivity contribution in [1.29, 1.82) is 0 Å². The molecule has 0 fully saturated rings. The molecule has 1 amide bonds. The minimum Gasteiger partial charge on any atom is -0.479 e. The molecular weight excluding hydrogens is 306 g/mol. The quantitative estimate of drug-likeness (QED) is 0.829. The van der Waals surface area contributed by atoms with Gasteiger partial charge in [0.2, 0.25) is 0 Å². The molecular formula is C19H17NO4. The van der Waals surface area contributed by atoms with E-state index in [9.17, 15) is 9.59 Å². The smallest absolute Gasteiger partial charge is 0.408 e. The monoisotopic (exact) mass is 323 g/mol. The van der Waals surface area contributed by atoms with Crippen LogP contribution in [-0.4, -0.2) is 29.8 Å². The maximum absolute atomic E-state index is 11.9. The number of hydrogen-bond donors (Lipinski definition) is 2. The number of carboxylic acids is 1. The second kappa shape index (κ2) is 6.58. The fourth-order valence-corrected chi connectivity index (χ4v) is 2.99. The maximum Gasteiger partial charge on any atom is 0.408 e. The number of fused-ring (bicyclic) bond motifs is 3. The first-order valence-corrected chi connectivity index (χ1v) is 7.58. The summed E-state index contributed by atoms with van der Waals surface area (Å²) in [7, 11) is 0. The molecule has 1 aliphatic carbocycles. The number of hydrogen-bond acceptors (Lipinski definition) is 3. The maximum atomic E-state index is 11.9. The number of carbonyl (C=O) groups is 2. The van der Waals surface area contributed by atoms with Crippen LogP contribution in [0.25, 0.3) is 11.1 Å². The zero-order valence-electron chi connectivity index (χ0n) is 12.9. The van der Waals surface area contributed by atoms with Gasteiger partial charge in [-0.25, -0.2) is 9.59 Å². The van der Waals surface area contributed by atoms with Gasteiger partial charge in [0.25, 0.3) is 0 Å². The van der Waals surface area contributed by atoms with Gasteiger partial charge in [-0.1, -0.05) is 54.6 Å². The Labute approximate surface area is 139 Å². The van der Waals surface area contributed by atoms with Gasteiger partial charge in [-0.3, -0.25) is 0 Å². The molecule has 0 saturated heterocycles. The number of amides is 1. The fraction of sp³-hybridized carbons (Fsp3) is 0.158. The van der Waals surface area contributed by atoms with E-state index in [0.717, 1.165) is 28.3 Å². The number of nitrogens with one attached hydrogen (secondary N) is 1. The largest absolute Gasteiger partial charge is 0.479 e. The molecule has 1 unspecified atom stereocenters. The van der Waals surface area contributed by atoms with Crippen LogP contribution in [0.3, 0.4) is 0 Å². The second-order valence-electron chi connectivity index (χ2n) is 5.52. The molecule has 0 aliphatic heterocycles. The number of benzene rings is 2. The summed E-state index contributed by atoms with van der Waals surface area (Å²) in [4.78, 5) is 22.8. The molecule has 5 heteroatoms. The van der Waals surface area contributed by atoms with Gasteiger partial charge < -0.3 is 15.2 Å². The third-order valence-electron chi connectivity index (χ3n) is 4.12. The molecule has 0 spiro atoms. The lowest BCUT2D eigenvalue weighted by molar-refractivity contribution is -0.138. The fourth-order valence-electron chi connectivity index (χ4n) is 2.99. The summed E-state index contributed by atoms with van der Waals surface area (Å²) in [6.45, 7) is 3.52. The number of carbonyl (C=O) groups excluding carboxylic acids is 1. The molecule has 0 bridgehead atoms. The highest BCUT2D eigenvalue weighted by Crippen LogP contribution is 2.44. The summed E-state index contributed by atoms with van der Waals surface area (Å²) < 4.78 is 5.26. The lowest BCUT2D eigenvalue weighted by Crippen LogP contribution is -2.39. The van der Waals surface area contributed by atoms with Crippen LogP contribution in [-0.2, 0) is 9.53 Å². The summed E-state index contributed by atoms with van der Waals surface area (Å²) in [5.74, 6) is -1.24. The van der Waals surface area contributed by atoms with Gasteiger partial charge in [-0.05, 0) is 22.3 Å². The lowest BCUT2D eigenvalue weighted by Gasteiger charge is -2.15. The van der Waals surface area contributed by atoms with Gasteiger partial charge >= 0.3 is 12.1 Å². The van der Waals surface area contributed by atoms with Crippen molar-refractivity contribution in [3.05, 3.63) is 72.3 Å². The molecule has 0 saturated carbocycles. The van der Waals surface area contributed by atoms with Crippen LogP contribution in [0.4, 0.5) is 4.79 Å². The van der Waals surface area contributed by atoms with Crippen LogP contribution in [0.2, 0.25) is 0 Å². The molecule has 2 aromatic carbocycles. The van der Waals surface area contributed by atoms with Crippen molar-refractivity contribution in [3.63, 3.8) is 0 Å². The van der Waals surface area contributed by atoms with Crippen molar-refractivity contribution >= 4 is 12.1 Å². The number of aliphatic carboxylic acids is 1. The SMILES string of the molecule is C=CC(NC(=O)OCC1c2ccccc2-c2ccccc21)C(=O)O. The third kappa shape index (κ3) is 2.88. The lowest BCUT2D eigenvalue weighted by atomic mass is 9.98. The van der Waals surface area contributed by atoms with E-state index in [-0.39, 0.29) is 12.5 Å². The van der Waals surface area contributed by atoms with Gasteiger partial charge in [-0.2, -0.15) is 0 Å². The summed E-state index contributed by atoms with van der Waals surface area (Å²) in [5.41, 5.74) is 4.48. The Hall–Kier alpha value is -3.08. The van der Waals surface area contributed by atoms with E-state index in [4.69, 9.17) is 9.84 Å². The first-order chi connectivity index (χ1) is 11.6. The molecule has 2 N–H and O–H groups in total. The average molecular weight is 323 g/mol. The third-order valence-corrected chi connectivity index (χ3v) is 4.12. The number of rotatable bonds is 5. The molecule has 2 aromatic rings. The number of carboxylic acid groups (broad SMARTS) is 1. The van der Waals surface area contributed by atoms with Gasteiger partial charge in [0.1, 0.15) is 12.6 Å². The van der Waals surface area contributed by atoms with E-state index in [1.165, 1.54) is 0 Å². The molecule has 5 nitrogen and oxygen atoms in total. The number of alkyl carbamates (subject to hydrolysis) is 1. The summed E-state index contributed by atoms with van der Waals surface area (Å²) in [6, 6.07) is 14.8. The van der Waals surface area contributed by atoms with E-state index in [1.807, 2.05) is 48.5 Å². The number of ether oxygens (including phenoxy) is 1. The van der Waals surface area contributed by atoms with Crippen molar-refractivity contribution in [2.45, 2.75) is 12.0 Å². The second-order valence-corrected chi connectivity index (χ2v) is 5.52. The molecule has 122 valence electrons. The van der Waals surface area contributed by atoms with Gasteiger partial charge in [0.15, 0.2) is 0 Å². The van der Waals surface area contributed by atoms with E-state index in [2.05, 4.69) is 11.9 Å². The predicted molar refractivity (Wildman–Crippen MR) is 89.8 cm³/mol. The van der Waals surface area contributed by atoms with Crippen molar-refractivity contribution in [1.82, 2.24) is 5.32 Å². The highest BCUT2D eigenvalue weighted by Gasteiger charge is 2.29. The molecule has 1 aliphatic rings. The van der Waals surface area contributed by atoms with Crippen LogP contribution in [0.15, 0.2) is 61.2 Å². The Balaban J connectivity index is 1.75. The van der Waals surface area contributed by atoms with Gasteiger partial charge in [0.05, 0.1) is 0 Å². The minimum absolute atomic E-state index is 0.0600. The molecule has 0 aromatic heterocycles. The molecule has 0 radical (unpaired) electrons. The predicted octanol–water partition coefficient (Wildman–Crippen LogP) is 3.16. The first-order valence-electron chi connectivity index (χ1n) is 7.58. The van der Waals surface area contributed by atoms with Crippen LogP contribution >= 0.6 is 0 Å². The Kier molecular flexibility index (Phi) is 4.33. The van der Waals surface area contributed by atoms with Gasteiger partial charge in [0, 0.05) is 5.92 Å². The van der Waals surface area contributed by atoms with Crippen LogP contribution in [0, 0.1) is 0 Å². The van der Waals surface area contributed by atoms with Crippen LogP contribution < -0.4 is 5.32 Å². The van der Waals surface area contributed by atoms with Crippen LogP contribution in [0.5, 0.6) is 0 Å². The highest BCUT2D eigenvalue weighted by atomic mass is 16.5. The minimum atomic E-state index is -1.18. The van der Waals surface area contributed by atoms with E-state index < -0.39 is 18.1 Å². The summed E-state index contributed by atoms with van der Waals surface area (Å²) in [6.07, 6.45) is 0.369. The topological polar surface area (TPSA) is 75.6 Å². The normalized spacial score (nSPS) is 13.5. The summed E-state index contributed by atoms with van der Waals surface area (Å²) in [5, 5.41) is 11.2. The van der Waals surface area contributed by atoms with Gasteiger partial charge in [-0.15, -0.1) is 6.58 Å². The van der Waals surface area contributed by atoms with Crippen molar-refractivity contribution in [3.8, 4) is 11.1 Å². The van der Waals surface area contributed by atoms with Crippen LogP contribution in [0.1, 0.15) is 17.0 Å². The Morgan fingerprint density at radius 2 is 1.67 bits per heavy atom. The molecule has 3 rings (SSSR count). The van der Waals surface area contributed by atoms with E-state index in [0.29, 0.717) is 0 Å². The molecule has 24 heavy (non-hydrogen) atoms. The molecule has 1 atom stereocenters. The van der Waals surface area contributed by atoms with E-state index >= 15 is 0 Å². The van der Waals surface area contributed by atoms with Crippen molar-refractivity contribution in [2.24, 2.45) is 0 Å². The Morgan fingerprint density at radius 1 is 1.12 bits per heavy atom. The first kappa shape index (κ1) is 15.8. The van der Waals surface area contributed by atoms with Crippen molar-refractivity contribution in [2.75, 3.05) is 6.61 Å². The molecule has 0 heterocycles. The average Bonchev–Trinajstić information content (AvgIpc) is 2.91. The zero-order chi connectivity index (χ0) is 17.1. The highest BCUT2D eigenvalue weighted by molar-refractivity contribution is 5.82. The zero-order valence-corrected chi connectivity index (χ0v) is 12.9. The standard InChI is InChI=1S/C19H17NO4/c1-2-17(18(21)22)20-19(23)24-11-16-14-9-5-3-7-12(14)13-8-4-6-10-15(13)16/h2-10,16-17H,1,11H2,(H,20,23)(H,21,22). The Bertz CT molecular complexity index is 754.